The molecule has 1 fully saturated rings. The molecule has 9 heteroatoms. The zero-order chi connectivity index (χ0) is 24.7. The van der Waals surface area contributed by atoms with Gasteiger partial charge in [0.2, 0.25) is 5.91 Å². The average Bonchev–Trinajstić information content (AvgIpc) is 3.11. The molecule has 0 aliphatic carbocycles. The summed E-state index contributed by atoms with van der Waals surface area (Å²) in [6, 6.07) is 10.0. The number of imide groups is 1. The van der Waals surface area contributed by atoms with Crippen LogP contribution in [0.1, 0.15) is 56.8 Å². The maximum Gasteiger partial charge on any atom is 0.261 e. The van der Waals surface area contributed by atoms with E-state index in [4.69, 9.17) is 14.2 Å². The zero-order valence-electron chi connectivity index (χ0n) is 19.7. The Labute approximate surface area is 202 Å². The molecule has 3 aliphatic rings. The van der Waals surface area contributed by atoms with Crippen LogP contribution in [0.15, 0.2) is 36.4 Å². The van der Waals surface area contributed by atoms with Crippen LogP contribution < -0.4 is 14.2 Å². The van der Waals surface area contributed by atoms with E-state index in [-0.39, 0.29) is 42.9 Å². The van der Waals surface area contributed by atoms with Gasteiger partial charge in [-0.3, -0.25) is 24.1 Å². The Bertz CT molecular complexity index is 1200. The quantitative estimate of drug-likeness (QED) is 0.609. The summed E-state index contributed by atoms with van der Waals surface area (Å²) < 4.78 is 17.0. The van der Waals surface area contributed by atoms with E-state index in [1.807, 2.05) is 0 Å². The second-order valence-electron chi connectivity index (χ2n) is 9.03. The first kappa shape index (κ1) is 22.9. The number of likely N-dealkylation sites (tertiary alicyclic amines) is 1. The highest BCUT2D eigenvalue weighted by Crippen LogP contribution is 2.44. The third kappa shape index (κ3) is 3.90. The van der Waals surface area contributed by atoms with Gasteiger partial charge in [0.25, 0.3) is 11.8 Å². The lowest BCUT2D eigenvalue weighted by Gasteiger charge is -2.44. The highest BCUT2D eigenvalue weighted by Gasteiger charge is 2.45. The smallest absolute Gasteiger partial charge is 0.261 e. The largest absolute Gasteiger partial charge is 0.496 e. The first-order valence-electron chi connectivity index (χ1n) is 11.6. The number of nitrogens with zero attached hydrogens (tertiary/aromatic N) is 2. The minimum atomic E-state index is -0.694. The van der Waals surface area contributed by atoms with E-state index in [0.29, 0.717) is 59.9 Å². The third-order valence-electron chi connectivity index (χ3n) is 7.04. The fourth-order valence-electron chi connectivity index (χ4n) is 5.10. The Morgan fingerprint density at radius 2 is 1.66 bits per heavy atom. The molecule has 0 saturated carbocycles. The molecule has 1 saturated heterocycles. The summed E-state index contributed by atoms with van der Waals surface area (Å²) in [5, 5.41) is 0. The lowest BCUT2D eigenvalue weighted by Crippen LogP contribution is -2.52. The SMILES string of the molecule is COc1cc(OC)c2c(c1)OC1(CCN(C(=O)CCN3C(=O)c4ccccc4C3=O)CC1)CC2=O. The Kier molecular flexibility index (Phi) is 5.70. The number of ketones is 1. The number of Topliss-reactive ketones (excluding diaryl/α,β-unsaturated/α-hetero) is 1. The summed E-state index contributed by atoms with van der Waals surface area (Å²) in [7, 11) is 3.03. The molecular weight excluding hydrogens is 452 g/mol. The molecule has 35 heavy (non-hydrogen) atoms. The second-order valence-corrected chi connectivity index (χ2v) is 9.03. The van der Waals surface area contributed by atoms with Crippen molar-refractivity contribution in [2.24, 2.45) is 0 Å². The number of amides is 3. The molecule has 2 aromatic rings. The van der Waals surface area contributed by atoms with E-state index < -0.39 is 5.60 Å². The van der Waals surface area contributed by atoms with E-state index in [1.165, 1.54) is 14.2 Å². The number of carbonyl (C=O) groups excluding carboxylic acids is 4. The number of carbonyl (C=O) groups is 4. The van der Waals surface area contributed by atoms with Gasteiger partial charge in [-0.15, -0.1) is 0 Å². The van der Waals surface area contributed by atoms with E-state index >= 15 is 0 Å². The maximum absolute atomic E-state index is 13.0. The minimum Gasteiger partial charge on any atom is -0.496 e. The van der Waals surface area contributed by atoms with Gasteiger partial charge in [0.1, 0.15) is 28.4 Å². The molecule has 5 rings (SSSR count). The molecule has 0 aromatic heterocycles. The Morgan fingerprint density at radius 3 is 2.26 bits per heavy atom. The summed E-state index contributed by atoms with van der Waals surface area (Å²) >= 11 is 0. The van der Waals surface area contributed by atoms with Crippen molar-refractivity contribution in [1.82, 2.24) is 9.80 Å². The number of ether oxygens (including phenoxy) is 3. The molecule has 2 aromatic carbocycles. The highest BCUT2D eigenvalue weighted by molar-refractivity contribution is 6.21. The fraction of sp³-hybridized carbons (Fsp3) is 0.385. The standard InChI is InChI=1S/C26H26N2O7/c1-33-16-13-20(34-2)23-19(29)15-26(35-21(23)14-16)8-11-27(12-9-26)22(30)7-10-28-24(31)17-5-3-4-6-18(17)25(28)32/h3-6,13-14H,7-12,15H2,1-2H3. The predicted molar refractivity (Wildman–Crippen MR) is 124 cm³/mol. The van der Waals surface area contributed by atoms with Gasteiger partial charge in [-0.2, -0.15) is 0 Å². The molecule has 1 spiro atoms. The van der Waals surface area contributed by atoms with Crippen LogP contribution in [0.3, 0.4) is 0 Å². The van der Waals surface area contributed by atoms with Crippen LogP contribution in [-0.2, 0) is 4.79 Å². The predicted octanol–water partition coefficient (Wildman–Crippen LogP) is 2.72. The van der Waals surface area contributed by atoms with E-state index in [9.17, 15) is 19.2 Å². The van der Waals surface area contributed by atoms with Crippen LogP contribution in [0.2, 0.25) is 0 Å². The van der Waals surface area contributed by atoms with Gasteiger partial charge in [0, 0.05) is 51.0 Å². The molecule has 3 aliphatic heterocycles. The highest BCUT2D eigenvalue weighted by atomic mass is 16.5. The number of benzene rings is 2. The molecule has 3 heterocycles. The van der Waals surface area contributed by atoms with Crippen molar-refractivity contribution in [2.75, 3.05) is 33.9 Å². The second kappa shape index (κ2) is 8.72. The number of piperidine rings is 1. The molecule has 9 nitrogen and oxygen atoms in total. The van der Waals surface area contributed by atoms with Crippen molar-refractivity contribution in [3.05, 3.63) is 53.1 Å². The van der Waals surface area contributed by atoms with Gasteiger partial charge < -0.3 is 19.1 Å². The summed E-state index contributed by atoms with van der Waals surface area (Å²) in [6.45, 7) is 0.879. The summed E-state index contributed by atoms with van der Waals surface area (Å²) in [4.78, 5) is 53.8. The molecule has 0 bridgehead atoms. The lowest BCUT2D eigenvalue weighted by molar-refractivity contribution is -0.134. The summed E-state index contributed by atoms with van der Waals surface area (Å²) in [5.41, 5.74) is 0.467. The molecule has 0 radical (unpaired) electrons. The van der Waals surface area contributed by atoms with Crippen LogP contribution in [0, 0.1) is 0 Å². The molecule has 182 valence electrons. The van der Waals surface area contributed by atoms with Gasteiger partial charge in [-0.05, 0) is 12.1 Å². The van der Waals surface area contributed by atoms with Gasteiger partial charge in [-0.1, -0.05) is 12.1 Å². The molecule has 0 unspecified atom stereocenters. The first-order valence-corrected chi connectivity index (χ1v) is 11.6. The molecule has 0 atom stereocenters. The number of hydrogen-bond acceptors (Lipinski definition) is 7. The van der Waals surface area contributed by atoms with Crippen LogP contribution in [0.5, 0.6) is 17.2 Å². The van der Waals surface area contributed by atoms with Crippen molar-refractivity contribution >= 4 is 23.5 Å². The summed E-state index contributed by atoms with van der Waals surface area (Å²) in [6.07, 6.45) is 1.25. The van der Waals surface area contributed by atoms with Gasteiger partial charge >= 0.3 is 0 Å². The van der Waals surface area contributed by atoms with Gasteiger partial charge in [-0.25, -0.2) is 0 Å². The topological polar surface area (TPSA) is 102 Å². The maximum atomic E-state index is 13.0. The number of hydrogen-bond donors (Lipinski definition) is 0. The van der Waals surface area contributed by atoms with Gasteiger partial charge in [0.05, 0.1) is 31.8 Å². The molecular formula is C26H26N2O7. The van der Waals surface area contributed by atoms with Crippen LogP contribution in [-0.4, -0.2) is 72.8 Å². The monoisotopic (exact) mass is 478 g/mol. The van der Waals surface area contributed by atoms with Crippen LogP contribution >= 0.6 is 0 Å². The lowest BCUT2D eigenvalue weighted by atomic mass is 9.82. The normalized spacial score (nSPS) is 18.3. The molecule has 3 amide bonds. The fourth-order valence-corrected chi connectivity index (χ4v) is 5.10. The van der Waals surface area contributed by atoms with E-state index in [2.05, 4.69) is 0 Å². The van der Waals surface area contributed by atoms with E-state index in [1.54, 1.807) is 41.3 Å². The first-order chi connectivity index (χ1) is 16.9. The third-order valence-corrected chi connectivity index (χ3v) is 7.04. The Morgan fingerprint density at radius 1 is 1.00 bits per heavy atom. The van der Waals surface area contributed by atoms with E-state index in [0.717, 1.165) is 4.90 Å². The van der Waals surface area contributed by atoms with Crippen molar-refractivity contribution in [2.45, 2.75) is 31.3 Å². The van der Waals surface area contributed by atoms with Crippen LogP contribution in [0.4, 0.5) is 0 Å². The minimum absolute atomic E-state index is 0.0365. The number of fused-ring (bicyclic) bond motifs is 2. The zero-order valence-corrected chi connectivity index (χ0v) is 19.7. The van der Waals surface area contributed by atoms with Crippen molar-refractivity contribution in [3.8, 4) is 17.2 Å². The Balaban J connectivity index is 1.22. The van der Waals surface area contributed by atoms with Crippen LogP contribution in [0.25, 0.3) is 0 Å². The van der Waals surface area contributed by atoms with Crippen molar-refractivity contribution < 1.29 is 33.4 Å². The average molecular weight is 479 g/mol. The molecule has 0 N–H and O–H groups in total. The van der Waals surface area contributed by atoms with Crippen molar-refractivity contribution in [3.63, 3.8) is 0 Å². The number of rotatable bonds is 5. The number of methoxy groups -OCH3 is 2. The van der Waals surface area contributed by atoms with Gasteiger partial charge in [0.15, 0.2) is 5.78 Å². The Hall–Kier alpha value is -3.88. The van der Waals surface area contributed by atoms with Crippen molar-refractivity contribution in [1.29, 1.82) is 0 Å². The summed E-state index contributed by atoms with van der Waals surface area (Å²) in [5.74, 6) is 0.455.